The molecule has 3 aliphatic rings. The van der Waals surface area contributed by atoms with Crippen molar-refractivity contribution < 1.29 is 22.7 Å². The van der Waals surface area contributed by atoms with E-state index in [1.807, 2.05) is 30.0 Å². The highest BCUT2D eigenvalue weighted by Crippen LogP contribution is 2.39. The van der Waals surface area contributed by atoms with E-state index in [-0.39, 0.29) is 22.9 Å². The number of rotatable bonds is 5. The Morgan fingerprint density at radius 3 is 2.58 bits per heavy atom. The Bertz CT molecular complexity index is 1130. The van der Waals surface area contributed by atoms with Gasteiger partial charge in [0.25, 0.3) is 5.91 Å². The van der Waals surface area contributed by atoms with Crippen LogP contribution < -0.4 is 14.2 Å². The molecule has 2 aromatic carbocycles. The van der Waals surface area contributed by atoms with Crippen LogP contribution in [0.1, 0.15) is 53.2 Å². The number of nitrogens with one attached hydrogen (secondary N) is 1. The molecule has 0 spiro atoms. The average molecular weight is 443 g/mol. The fourth-order valence-corrected chi connectivity index (χ4v) is 5.60. The summed E-state index contributed by atoms with van der Waals surface area (Å²) in [5.41, 5.74) is 2.21. The van der Waals surface area contributed by atoms with Crippen molar-refractivity contribution in [2.75, 3.05) is 19.8 Å². The maximum absolute atomic E-state index is 13.5. The van der Waals surface area contributed by atoms with E-state index < -0.39 is 10.0 Å². The van der Waals surface area contributed by atoms with E-state index in [2.05, 4.69) is 4.72 Å². The van der Waals surface area contributed by atoms with Crippen molar-refractivity contribution in [3.8, 4) is 11.5 Å². The molecule has 1 saturated carbocycles. The van der Waals surface area contributed by atoms with E-state index in [0.717, 1.165) is 42.6 Å². The maximum Gasteiger partial charge on any atom is 0.254 e. The topological polar surface area (TPSA) is 84.9 Å². The molecule has 0 bridgehead atoms. The van der Waals surface area contributed by atoms with Crippen LogP contribution in [0.3, 0.4) is 0 Å². The van der Waals surface area contributed by atoms with E-state index in [4.69, 9.17) is 9.47 Å². The largest absolute Gasteiger partial charge is 0.486 e. The zero-order valence-electron chi connectivity index (χ0n) is 17.5. The minimum atomic E-state index is -3.62. The van der Waals surface area contributed by atoms with Crippen molar-refractivity contribution in [1.29, 1.82) is 0 Å². The molecule has 1 saturated heterocycles. The molecule has 2 aliphatic heterocycles. The Morgan fingerprint density at radius 2 is 1.81 bits per heavy atom. The zero-order chi connectivity index (χ0) is 21.6. The molecule has 5 rings (SSSR count). The van der Waals surface area contributed by atoms with Crippen LogP contribution in [-0.2, 0) is 10.0 Å². The van der Waals surface area contributed by atoms with Crippen LogP contribution in [0.15, 0.2) is 41.3 Å². The Hall–Kier alpha value is -2.58. The Labute approximate surface area is 182 Å². The lowest BCUT2D eigenvalue weighted by atomic mass is 10.0. The zero-order valence-corrected chi connectivity index (χ0v) is 18.3. The molecule has 8 heteroatoms. The number of benzene rings is 2. The maximum atomic E-state index is 13.5. The van der Waals surface area contributed by atoms with Gasteiger partial charge in [-0.25, -0.2) is 13.1 Å². The lowest BCUT2D eigenvalue weighted by Gasteiger charge is -2.27. The third-order valence-corrected chi connectivity index (χ3v) is 7.63. The Morgan fingerprint density at radius 1 is 1.03 bits per heavy atom. The number of hydrogen-bond donors (Lipinski definition) is 1. The minimum Gasteiger partial charge on any atom is -0.486 e. The lowest BCUT2D eigenvalue weighted by molar-refractivity contribution is 0.0734. The molecule has 1 unspecified atom stereocenters. The van der Waals surface area contributed by atoms with Crippen molar-refractivity contribution in [2.24, 2.45) is 0 Å². The van der Waals surface area contributed by atoms with Gasteiger partial charge in [0.15, 0.2) is 11.5 Å². The summed E-state index contributed by atoms with van der Waals surface area (Å²) in [7, 11) is -3.62. The molecule has 2 aromatic rings. The third-order valence-electron chi connectivity index (χ3n) is 6.11. The van der Waals surface area contributed by atoms with Gasteiger partial charge >= 0.3 is 0 Å². The second-order valence-electron chi connectivity index (χ2n) is 8.43. The number of carbonyl (C=O) groups is 1. The summed E-state index contributed by atoms with van der Waals surface area (Å²) >= 11 is 0. The standard InChI is InChI=1S/C23H26N2O5S/c1-15-4-8-18(31(27,28)24-17-6-7-17)14-19(15)23(26)25-10-2-3-20(25)16-5-9-21-22(13-16)30-12-11-29-21/h4-5,8-9,13-14,17,20,24H,2-3,6-7,10-12H2,1H3. The first-order chi connectivity index (χ1) is 14.9. The molecule has 1 N–H and O–H groups in total. The molecule has 164 valence electrons. The van der Waals surface area contributed by atoms with E-state index in [0.29, 0.717) is 31.1 Å². The van der Waals surface area contributed by atoms with Crippen LogP contribution in [0.2, 0.25) is 0 Å². The molecule has 2 fully saturated rings. The molecular weight excluding hydrogens is 416 g/mol. The number of amides is 1. The van der Waals surface area contributed by atoms with Gasteiger partial charge in [0, 0.05) is 18.2 Å². The second kappa shape index (κ2) is 7.84. The van der Waals surface area contributed by atoms with Crippen molar-refractivity contribution in [3.05, 3.63) is 53.1 Å². The highest BCUT2D eigenvalue weighted by molar-refractivity contribution is 7.89. The van der Waals surface area contributed by atoms with Gasteiger partial charge < -0.3 is 14.4 Å². The van der Waals surface area contributed by atoms with Gasteiger partial charge in [0.2, 0.25) is 10.0 Å². The lowest BCUT2D eigenvalue weighted by Crippen LogP contribution is -2.32. The van der Waals surface area contributed by atoms with Crippen molar-refractivity contribution in [2.45, 2.75) is 49.6 Å². The van der Waals surface area contributed by atoms with Gasteiger partial charge in [-0.1, -0.05) is 12.1 Å². The summed E-state index contributed by atoms with van der Waals surface area (Å²) in [5.74, 6) is 1.29. The van der Waals surface area contributed by atoms with Crippen molar-refractivity contribution in [3.63, 3.8) is 0 Å². The molecule has 31 heavy (non-hydrogen) atoms. The molecule has 2 heterocycles. The number of nitrogens with zero attached hydrogens (tertiary/aromatic N) is 1. The number of hydrogen-bond acceptors (Lipinski definition) is 5. The van der Waals surface area contributed by atoms with Gasteiger partial charge in [-0.3, -0.25) is 4.79 Å². The van der Waals surface area contributed by atoms with Gasteiger partial charge in [-0.15, -0.1) is 0 Å². The average Bonchev–Trinajstić information content (AvgIpc) is 3.43. The van der Waals surface area contributed by atoms with E-state index in [9.17, 15) is 13.2 Å². The number of carbonyl (C=O) groups excluding carboxylic acids is 1. The number of likely N-dealkylation sites (tertiary alicyclic amines) is 1. The Kier molecular flexibility index (Phi) is 5.14. The summed E-state index contributed by atoms with van der Waals surface area (Å²) in [6.07, 6.45) is 3.47. The SMILES string of the molecule is Cc1ccc(S(=O)(=O)NC2CC2)cc1C(=O)N1CCCC1c1ccc2c(c1)OCCO2. The molecular formula is C23H26N2O5S. The highest BCUT2D eigenvalue weighted by atomic mass is 32.2. The van der Waals surface area contributed by atoms with Crippen LogP contribution >= 0.6 is 0 Å². The number of ether oxygens (including phenoxy) is 2. The fourth-order valence-electron chi connectivity index (χ4n) is 4.27. The molecule has 7 nitrogen and oxygen atoms in total. The molecule has 0 radical (unpaired) electrons. The number of sulfonamides is 1. The molecule has 1 amide bonds. The summed E-state index contributed by atoms with van der Waals surface area (Å²) < 4.78 is 39.3. The predicted molar refractivity (Wildman–Crippen MR) is 115 cm³/mol. The number of aryl methyl sites for hydroxylation is 1. The van der Waals surface area contributed by atoms with E-state index >= 15 is 0 Å². The first kappa shape index (κ1) is 20.3. The van der Waals surface area contributed by atoms with Crippen LogP contribution in [-0.4, -0.2) is 45.0 Å². The summed E-state index contributed by atoms with van der Waals surface area (Å²) in [6.45, 7) is 3.52. The minimum absolute atomic E-state index is 0.0172. The van der Waals surface area contributed by atoms with Crippen LogP contribution in [0, 0.1) is 6.92 Å². The van der Waals surface area contributed by atoms with Crippen molar-refractivity contribution >= 4 is 15.9 Å². The van der Waals surface area contributed by atoms with E-state index in [1.165, 1.54) is 6.07 Å². The summed E-state index contributed by atoms with van der Waals surface area (Å²) in [5, 5.41) is 0. The molecule has 0 aromatic heterocycles. The van der Waals surface area contributed by atoms with Gasteiger partial charge in [0.05, 0.1) is 10.9 Å². The van der Waals surface area contributed by atoms with E-state index in [1.54, 1.807) is 12.1 Å². The molecule has 1 aliphatic carbocycles. The predicted octanol–water partition coefficient (Wildman–Crippen LogP) is 3.18. The highest BCUT2D eigenvalue weighted by Gasteiger charge is 2.33. The van der Waals surface area contributed by atoms with Crippen LogP contribution in [0.4, 0.5) is 0 Å². The summed E-state index contributed by atoms with van der Waals surface area (Å²) in [4.78, 5) is 15.5. The monoisotopic (exact) mass is 442 g/mol. The summed E-state index contributed by atoms with van der Waals surface area (Å²) in [6, 6.07) is 10.6. The van der Waals surface area contributed by atoms with Crippen LogP contribution in [0.5, 0.6) is 11.5 Å². The first-order valence-corrected chi connectivity index (χ1v) is 12.2. The second-order valence-corrected chi connectivity index (χ2v) is 10.1. The first-order valence-electron chi connectivity index (χ1n) is 10.8. The Balaban J connectivity index is 1.43. The van der Waals surface area contributed by atoms with Gasteiger partial charge in [-0.2, -0.15) is 0 Å². The number of fused-ring (bicyclic) bond motifs is 1. The van der Waals surface area contributed by atoms with Gasteiger partial charge in [0.1, 0.15) is 13.2 Å². The third kappa shape index (κ3) is 4.02. The van der Waals surface area contributed by atoms with Crippen LogP contribution in [0.25, 0.3) is 0 Å². The normalized spacial score (nSPS) is 20.7. The smallest absolute Gasteiger partial charge is 0.254 e. The fraction of sp³-hybridized carbons (Fsp3) is 0.435. The quantitative estimate of drug-likeness (QED) is 0.769. The molecule has 1 atom stereocenters. The van der Waals surface area contributed by atoms with Crippen molar-refractivity contribution in [1.82, 2.24) is 9.62 Å². The van der Waals surface area contributed by atoms with Gasteiger partial charge in [-0.05, 0) is 68.0 Å².